The molecule has 1 aliphatic heterocycles. The first kappa shape index (κ1) is 12.4. The lowest BCUT2D eigenvalue weighted by molar-refractivity contribution is -0.153. The summed E-state index contributed by atoms with van der Waals surface area (Å²) in [5.41, 5.74) is 0. The highest BCUT2D eigenvalue weighted by Gasteiger charge is 2.46. The zero-order valence-corrected chi connectivity index (χ0v) is 9.61. The molecule has 1 fully saturated rings. The van der Waals surface area contributed by atoms with Crippen LogP contribution in [0, 0.1) is 5.92 Å². The summed E-state index contributed by atoms with van der Waals surface area (Å²) in [6.07, 6.45) is -2.00. The first-order valence-electron chi connectivity index (χ1n) is 4.65. The molecular weight excluding hydrogens is 224 g/mol. The van der Waals surface area contributed by atoms with Crippen molar-refractivity contribution in [1.82, 2.24) is 0 Å². The van der Waals surface area contributed by atoms with Crippen molar-refractivity contribution in [2.75, 3.05) is 6.61 Å². The van der Waals surface area contributed by atoms with Crippen molar-refractivity contribution in [3.63, 3.8) is 0 Å². The van der Waals surface area contributed by atoms with E-state index in [1.54, 1.807) is 20.8 Å². The third-order valence-corrected chi connectivity index (χ3v) is 2.83. The summed E-state index contributed by atoms with van der Waals surface area (Å²) in [5.74, 6) is -0.867. The van der Waals surface area contributed by atoms with Crippen LogP contribution in [0.3, 0.4) is 0 Å². The van der Waals surface area contributed by atoms with Crippen molar-refractivity contribution in [3.8, 4) is 0 Å². The van der Waals surface area contributed by atoms with E-state index in [1.807, 2.05) is 0 Å². The molecular formula is C8H14O6S. The first-order chi connectivity index (χ1) is 6.87. The molecule has 2 atom stereocenters. The lowest BCUT2D eigenvalue weighted by Gasteiger charge is -2.16. The lowest BCUT2D eigenvalue weighted by atomic mass is 10.0. The molecule has 0 aliphatic carbocycles. The van der Waals surface area contributed by atoms with Crippen molar-refractivity contribution >= 4 is 16.4 Å². The molecule has 0 aromatic heterocycles. The average Bonchev–Trinajstić information content (AvgIpc) is 2.42. The van der Waals surface area contributed by atoms with Gasteiger partial charge in [-0.1, -0.05) is 13.8 Å². The molecule has 0 unspecified atom stereocenters. The van der Waals surface area contributed by atoms with E-state index in [0.717, 1.165) is 0 Å². The topological polar surface area (TPSA) is 78.9 Å². The molecule has 1 saturated heterocycles. The maximum atomic E-state index is 11.4. The highest BCUT2D eigenvalue weighted by atomic mass is 32.3. The van der Waals surface area contributed by atoms with Gasteiger partial charge in [0.15, 0.2) is 0 Å². The SMILES string of the molecule is CCOC(=O)[C@@H]1OS(=O)(=O)O[C@H]1C(C)C. The van der Waals surface area contributed by atoms with Crippen molar-refractivity contribution in [3.05, 3.63) is 0 Å². The Morgan fingerprint density at radius 1 is 1.40 bits per heavy atom. The maximum Gasteiger partial charge on any atom is 0.401 e. The van der Waals surface area contributed by atoms with Crippen molar-refractivity contribution < 1.29 is 26.3 Å². The van der Waals surface area contributed by atoms with Gasteiger partial charge in [0.1, 0.15) is 6.10 Å². The van der Waals surface area contributed by atoms with Crippen LogP contribution in [0.5, 0.6) is 0 Å². The molecule has 0 aromatic rings. The Morgan fingerprint density at radius 3 is 2.47 bits per heavy atom. The van der Waals surface area contributed by atoms with Crippen LogP contribution in [-0.4, -0.2) is 33.2 Å². The molecule has 0 saturated carbocycles. The molecule has 0 spiro atoms. The molecule has 7 heteroatoms. The summed E-state index contributed by atoms with van der Waals surface area (Å²) < 4.78 is 35.9. The minimum atomic E-state index is -4.05. The normalized spacial score (nSPS) is 29.3. The second-order valence-corrected chi connectivity index (χ2v) is 4.68. The number of rotatable bonds is 3. The fraction of sp³-hybridized carbons (Fsp3) is 0.875. The second-order valence-electron chi connectivity index (χ2n) is 3.48. The number of hydrogen-bond acceptors (Lipinski definition) is 6. The van der Waals surface area contributed by atoms with Gasteiger partial charge in [-0.2, -0.15) is 8.42 Å². The van der Waals surface area contributed by atoms with Crippen LogP contribution in [0.2, 0.25) is 0 Å². The largest absolute Gasteiger partial charge is 0.464 e. The minimum Gasteiger partial charge on any atom is -0.464 e. The monoisotopic (exact) mass is 238 g/mol. The molecule has 0 radical (unpaired) electrons. The van der Waals surface area contributed by atoms with Crippen LogP contribution >= 0.6 is 0 Å². The second kappa shape index (κ2) is 4.46. The number of esters is 1. The summed E-state index contributed by atoms with van der Waals surface area (Å²) in [6, 6.07) is 0. The minimum absolute atomic E-state index is 0.156. The maximum absolute atomic E-state index is 11.4. The van der Waals surface area contributed by atoms with Crippen LogP contribution in [0.15, 0.2) is 0 Å². The molecule has 1 aliphatic rings. The van der Waals surface area contributed by atoms with E-state index in [4.69, 9.17) is 4.74 Å². The molecule has 6 nitrogen and oxygen atoms in total. The molecule has 1 rings (SSSR count). The zero-order chi connectivity index (χ0) is 11.6. The summed E-state index contributed by atoms with van der Waals surface area (Å²) >= 11 is 0. The molecule has 0 bridgehead atoms. The predicted molar refractivity (Wildman–Crippen MR) is 50.1 cm³/mol. The van der Waals surface area contributed by atoms with Crippen molar-refractivity contribution in [1.29, 1.82) is 0 Å². The van der Waals surface area contributed by atoms with E-state index >= 15 is 0 Å². The number of carbonyl (C=O) groups is 1. The van der Waals surface area contributed by atoms with Crippen LogP contribution in [0.4, 0.5) is 0 Å². The standard InChI is InChI=1S/C8H14O6S/c1-4-12-8(9)7-6(5(2)3)13-15(10,11)14-7/h5-7H,4H2,1-3H3/t6-,7+/m0/s1. The van der Waals surface area contributed by atoms with Crippen LogP contribution in [0.1, 0.15) is 20.8 Å². The zero-order valence-electron chi connectivity index (χ0n) is 8.80. The molecule has 15 heavy (non-hydrogen) atoms. The Balaban J connectivity index is 2.82. The van der Waals surface area contributed by atoms with E-state index in [9.17, 15) is 13.2 Å². The van der Waals surface area contributed by atoms with Crippen molar-refractivity contribution in [2.45, 2.75) is 33.0 Å². The molecule has 0 N–H and O–H groups in total. The Bertz CT molecular complexity index is 333. The van der Waals surface area contributed by atoms with E-state index in [1.165, 1.54) is 0 Å². The molecule has 0 aromatic carbocycles. The van der Waals surface area contributed by atoms with Gasteiger partial charge in [-0.3, -0.25) is 0 Å². The number of hydrogen-bond donors (Lipinski definition) is 0. The van der Waals surface area contributed by atoms with Crippen LogP contribution < -0.4 is 0 Å². The summed E-state index contributed by atoms with van der Waals surface area (Å²) in [6.45, 7) is 5.28. The smallest absolute Gasteiger partial charge is 0.401 e. The van der Waals surface area contributed by atoms with Gasteiger partial charge in [0.25, 0.3) is 0 Å². The fourth-order valence-electron chi connectivity index (χ4n) is 1.25. The van der Waals surface area contributed by atoms with Gasteiger partial charge in [0.05, 0.1) is 6.61 Å². The van der Waals surface area contributed by atoms with Gasteiger partial charge in [-0.15, -0.1) is 0 Å². The fourth-order valence-corrected chi connectivity index (χ4v) is 2.33. The summed E-state index contributed by atoms with van der Waals surface area (Å²) in [7, 11) is -4.05. The molecule has 1 heterocycles. The van der Waals surface area contributed by atoms with Gasteiger partial charge in [-0.25, -0.2) is 13.2 Å². The van der Waals surface area contributed by atoms with Crippen LogP contribution in [-0.2, 0) is 28.3 Å². The summed E-state index contributed by atoms with van der Waals surface area (Å²) in [5, 5.41) is 0. The van der Waals surface area contributed by atoms with Gasteiger partial charge in [-0.05, 0) is 12.8 Å². The Kier molecular flexibility index (Phi) is 3.69. The average molecular weight is 238 g/mol. The Morgan fingerprint density at radius 2 is 2.00 bits per heavy atom. The number of carbonyl (C=O) groups excluding carboxylic acids is 1. The molecule has 88 valence electrons. The predicted octanol–water partition coefficient (Wildman–Crippen LogP) is 0.234. The quantitative estimate of drug-likeness (QED) is 0.655. The highest BCUT2D eigenvalue weighted by Crippen LogP contribution is 2.26. The van der Waals surface area contributed by atoms with E-state index < -0.39 is 28.6 Å². The van der Waals surface area contributed by atoms with Gasteiger partial charge >= 0.3 is 16.4 Å². The third kappa shape index (κ3) is 2.90. The first-order valence-corrected chi connectivity index (χ1v) is 5.99. The van der Waals surface area contributed by atoms with E-state index in [0.29, 0.717) is 0 Å². The lowest BCUT2D eigenvalue weighted by Crippen LogP contribution is -2.36. The van der Waals surface area contributed by atoms with Gasteiger partial charge in [0, 0.05) is 0 Å². The Hall–Kier alpha value is -0.660. The van der Waals surface area contributed by atoms with Gasteiger partial charge in [0.2, 0.25) is 6.10 Å². The Labute approximate surface area is 88.8 Å². The van der Waals surface area contributed by atoms with E-state index in [-0.39, 0.29) is 12.5 Å². The van der Waals surface area contributed by atoms with Gasteiger partial charge < -0.3 is 4.74 Å². The van der Waals surface area contributed by atoms with Crippen LogP contribution in [0.25, 0.3) is 0 Å². The van der Waals surface area contributed by atoms with Crippen molar-refractivity contribution in [2.24, 2.45) is 5.92 Å². The highest BCUT2D eigenvalue weighted by molar-refractivity contribution is 7.82. The number of ether oxygens (including phenoxy) is 1. The van der Waals surface area contributed by atoms with E-state index in [2.05, 4.69) is 8.37 Å². The molecule has 0 amide bonds. The summed E-state index contributed by atoms with van der Waals surface area (Å²) in [4.78, 5) is 11.4. The third-order valence-electron chi connectivity index (χ3n) is 1.92.